The molecule has 0 saturated carbocycles. The van der Waals surface area contributed by atoms with Gasteiger partial charge >= 0.3 is 0 Å². The van der Waals surface area contributed by atoms with E-state index < -0.39 is 0 Å². The zero-order valence-corrected chi connectivity index (χ0v) is 19.1. The molecule has 5 nitrogen and oxygen atoms in total. The number of carbonyl (C=O) groups excluding carboxylic acids is 1. The van der Waals surface area contributed by atoms with Crippen LogP contribution in [-0.4, -0.2) is 31.3 Å². The highest BCUT2D eigenvalue weighted by molar-refractivity contribution is 5.94. The third-order valence-corrected chi connectivity index (χ3v) is 6.33. The lowest BCUT2D eigenvalue weighted by atomic mass is 10.1. The van der Waals surface area contributed by atoms with Crippen molar-refractivity contribution in [3.63, 3.8) is 0 Å². The van der Waals surface area contributed by atoms with Gasteiger partial charge in [0.2, 0.25) is 0 Å². The van der Waals surface area contributed by atoms with Gasteiger partial charge in [-0.05, 0) is 55.0 Å². The fourth-order valence-corrected chi connectivity index (χ4v) is 4.59. The van der Waals surface area contributed by atoms with Crippen molar-refractivity contribution in [2.45, 2.75) is 26.3 Å². The molecule has 2 aromatic carbocycles. The number of pyridine rings is 1. The van der Waals surface area contributed by atoms with Crippen molar-refractivity contribution in [2.75, 3.05) is 6.54 Å². The molecule has 0 bridgehead atoms. The summed E-state index contributed by atoms with van der Waals surface area (Å²) in [7, 11) is 2.07. The third-order valence-electron chi connectivity index (χ3n) is 6.33. The Hall–Kier alpha value is -3.86. The molecule has 0 unspecified atom stereocenters. The smallest absolute Gasteiger partial charge is 0.273 e. The molecular formula is C28H28N4O. The number of imidazole rings is 1. The van der Waals surface area contributed by atoms with E-state index in [-0.39, 0.29) is 5.91 Å². The van der Waals surface area contributed by atoms with Crippen LogP contribution in [0, 0.1) is 6.92 Å². The molecule has 0 aliphatic carbocycles. The number of benzene rings is 2. The number of aromatic nitrogens is 3. The van der Waals surface area contributed by atoms with Crippen LogP contribution < -0.4 is 0 Å². The second kappa shape index (κ2) is 8.94. The SMILES string of the molecule is Cc1nc2ccccn2c1C(=O)N(CCCc1ccccc1)Cc1cc2ccccc2n1C. The quantitative estimate of drug-likeness (QED) is 0.342. The standard InChI is InChI=1S/C28H28N4O/c1-21-27(32-18-9-8-16-26(32)29-21)28(33)31(17-10-13-22-11-4-3-5-12-22)20-24-19-23-14-6-7-15-25(23)30(24)2/h3-9,11-12,14-16,18-19H,10,13,17,20H2,1-2H3. The van der Waals surface area contributed by atoms with Gasteiger partial charge in [0.05, 0.1) is 12.2 Å². The van der Waals surface area contributed by atoms with Crippen molar-refractivity contribution in [3.05, 3.63) is 108 Å². The summed E-state index contributed by atoms with van der Waals surface area (Å²) in [5.41, 5.74) is 5.79. The van der Waals surface area contributed by atoms with E-state index in [4.69, 9.17) is 0 Å². The van der Waals surface area contributed by atoms with Gasteiger partial charge in [0.25, 0.3) is 5.91 Å². The fourth-order valence-electron chi connectivity index (χ4n) is 4.59. The molecule has 3 aromatic heterocycles. The predicted molar refractivity (Wildman–Crippen MR) is 132 cm³/mol. The molecule has 166 valence electrons. The largest absolute Gasteiger partial charge is 0.346 e. The number of para-hydroxylation sites is 1. The van der Waals surface area contributed by atoms with Gasteiger partial charge in [-0.1, -0.05) is 54.6 Å². The van der Waals surface area contributed by atoms with Crippen molar-refractivity contribution >= 4 is 22.5 Å². The molecule has 0 aliphatic rings. The van der Waals surface area contributed by atoms with Gasteiger partial charge in [-0.15, -0.1) is 0 Å². The van der Waals surface area contributed by atoms with Gasteiger partial charge in [0.1, 0.15) is 11.3 Å². The molecule has 3 heterocycles. The molecule has 33 heavy (non-hydrogen) atoms. The van der Waals surface area contributed by atoms with Gasteiger partial charge in [-0.3, -0.25) is 9.20 Å². The number of nitrogens with zero attached hydrogens (tertiary/aromatic N) is 4. The molecule has 5 aromatic rings. The lowest BCUT2D eigenvalue weighted by molar-refractivity contribution is 0.0730. The first-order valence-electron chi connectivity index (χ1n) is 11.4. The van der Waals surface area contributed by atoms with E-state index in [9.17, 15) is 4.79 Å². The topological polar surface area (TPSA) is 42.5 Å². The number of carbonyl (C=O) groups is 1. The summed E-state index contributed by atoms with van der Waals surface area (Å²) in [6.45, 7) is 3.15. The summed E-state index contributed by atoms with van der Waals surface area (Å²) in [4.78, 5) is 20.5. The van der Waals surface area contributed by atoms with Gasteiger partial charge in [-0.2, -0.15) is 0 Å². The van der Waals surface area contributed by atoms with Crippen LogP contribution in [0.5, 0.6) is 0 Å². The van der Waals surface area contributed by atoms with Crippen LogP contribution in [0.1, 0.15) is 33.9 Å². The maximum atomic E-state index is 13.9. The van der Waals surface area contributed by atoms with Gasteiger partial charge in [0.15, 0.2) is 0 Å². The van der Waals surface area contributed by atoms with Crippen LogP contribution in [0.2, 0.25) is 0 Å². The molecule has 5 rings (SSSR count). The Morgan fingerprint density at radius 3 is 2.55 bits per heavy atom. The average Bonchev–Trinajstić information content (AvgIpc) is 3.34. The average molecular weight is 437 g/mol. The van der Waals surface area contributed by atoms with E-state index in [0.29, 0.717) is 18.8 Å². The number of aryl methyl sites for hydroxylation is 3. The first-order valence-corrected chi connectivity index (χ1v) is 11.4. The van der Waals surface area contributed by atoms with Crippen LogP contribution in [0.3, 0.4) is 0 Å². The number of fused-ring (bicyclic) bond motifs is 2. The van der Waals surface area contributed by atoms with Crippen molar-refractivity contribution in [2.24, 2.45) is 7.05 Å². The number of rotatable bonds is 7. The summed E-state index contributed by atoms with van der Waals surface area (Å²) in [5, 5.41) is 1.19. The van der Waals surface area contributed by atoms with Crippen molar-refractivity contribution < 1.29 is 4.79 Å². The lowest BCUT2D eigenvalue weighted by Crippen LogP contribution is -2.33. The molecule has 0 saturated heterocycles. The summed E-state index contributed by atoms with van der Waals surface area (Å²) >= 11 is 0. The van der Waals surface area contributed by atoms with E-state index in [1.165, 1.54) is 16.5 Å². The minimum Gasteiger partial charge on any atom is -0.346 e. The molecule has 5 heteroatoms. The maximum absolute atomic E-state index is 13.9. The Labute approximate surface area is 193 Å². The molecule has 0 spiro atoms. The highest BCUT2D eigenvalue weighted by atomic mass is 16.2. The second-order valence-electron chi connectivity index (χ2n) is 8.54. The van der Waals surface area contributed by atoms with Crippen molar-refractivity contribution in [3.8, 4) is 0 Å². The van der Waals surface area contributed by atoms with E-state index in [0.717, 1.165) is 29.9 Å². The summed E-state index contributed by atoms with van der Waals surface area (Å²) in [6.07, 6.45) is 3.75. The maximum Gasteiger partial charge on any atom is 0.273 e. The van der Waals surface area contributed by atoms with E-state index in [1.807, 2.05) is 46.7 Å². The predicted octanol–water partition coefficient (Wildman–Crippen LogP) is 5.41. The Morgan fingerprint density at radius 2 is 1.73 bits per heavy atom. The van der Waals surface area contributed by atoms with E-state index >= 15 is 0 Å². The van der Waals surface area contributed by atoms with Crippen LogP contribution in [-0.2, 0) is 20.0 Å². The van der Waals surface area contributed by atoms with Crippen LogP contribution in [0.4, 0.5) is 0 Å². The monoisotopic (exact) mass is 436 g/mol. The van der Waals surface area contributed by atoms with Crippen LogP contribution in [0.25, 0.3) is 16.6 Å². The highest BCUT2D eigenvalue weighted by Gasteiger charge is 2.23. The van der Waals surface area contributed by atoms with E-state index in [1.54, 1.807) is 0 Å². The van der Waals surface area contributed by atoms with Crippen molar-refractivity contribution in [1.29, 1.82) is 0 Å². The molecule has 0 radical (unpaired) electrons. The number of amides is 1. The minimum absolute atomic E-state index is 0.0181. The summed E-state index contributed by atoms with van der Waals surface area (Å²) in [6, 6.07) is 26.8. The Bertz CT molecular complexity index is 1410. The molecule has 1 amide bonds. The minimum atomic E-state index is 0.0181. The lowest BCUT2D eigenvalue weighted by Gasteiger charge is -2.23. The zero-order chi connectivity index (χ0) is 22.8. The first kappa shape index (κ1) is 21.0. The van der Waals surface area contributed by atoms with Gasteiger partial charge in [-0.25, -0.2) is 4.98 Å². The third kappa shape index (κ3) is 4.14. The Kier molecular flexibility index (Phi) is 5.69. The van der Waals surface area contributed by atoms with Crippen LogP contribution in [0.15, 0.2) is 85.1 Å². The van der Waals surface area contributed by atoms with E-state index in [2.05, 4.69) is 71.2 Å². The Balaban J connectivity index is 1.46. The first-order chi connectivity index (χ1) is 16.1. The van der Waals surface area contributed by atoms with Gasteiger partial charge in [0, 0.05) is 31.0 Å². The molecule has 0 N–H and O–H groups in total. The van der Waals surface area contributed by atoms with Gasteiger partial charge < -0.3 is 9.47 Å². The molecular weight excluding hydrogens is 408 g/mol. The fraction of sp³-hybridized carbons (Fsp3) is 0.214. The van der Waals surface area contributed by atoms with Crippen LogP contribution >= 0.6 is 0 Å². The number of hydrogen-bond donors (Lipinski definition) is 0. The molecule has 0 atom stereocenters. The molecule has 0 aliphatic heterocycles. The van der Waals surface area contributed by atoms with Crippen molar-refractivity contribution in [1.82, 2.24) is 18.9 Å². The number of hydrogen-bond acceptors (Lipinski definition) is 2. The second-order valence-corrected chi connectivity index (χ2v) is 8.54. The molecule has 0 fully saturated rings. The summed E-state index contributed by atoms with van der Waals surface area (Å²) in [5.74, 6) is 0.0181. The zero-order valence-electron chi connectivity index (χ0n) is 19.1. The normalized spacial score (nSPS) is 11.3. The highest BCUT2D eigenvalue weighted by Crippen LogP contribution is 2.22. The summed E-state index contributed by atoms with van der Waals surface area (Å²) < 4.78 is 4.09. The Morgan fingerprint density at radius 1 is 0.970 bits per heavy atom.